The van der Waals surface area contributed by atoms with Gasteiger partial charge in [0.15, 0.2) is 12.2 Å². The van der Waals surface area contributed by atoms with Crippen LogP contribution in [0.1, 0.15) is 73.6 Å². The Morgan fingerprint density at radius 2 is 1.49 bits per heavy atom. The molecular weight excluding hydrogens is 678 g/mol. The predicted octanol–water partition coefficient (Wildman–Crippen LogP) is 3.54. The van der Waals surface area contributed by atoms with Crippen molar-refractivity contribution in [3.8, 4) is 0 Å². The second-order valence-electron chi connectivity index (χ2n) is 11.9. The minimum absolute atomic E-state index is 0.0421. The number of unbranched alkanes of at least 4 members (excludes halogenated alkanes) is 3. The topological polar surface area (TPSA) is 194 Å². The van der Waals surface area contributed by atoms with E-state index in [1.165, 1.54) is 27.7 Å². The Bertz CT molecular complexity index is 1170. The number of aliphatic hydroxyl groups is 2. The zero-order valence-corrected chi connectivity index (χ0v) is 27.9. The minimum Gasteiger partial charge on any atom is -0.463 e. The third-order valence-electron chi connectivity index (χ3n) is 6.44. The summed E-state index contributed by atoms with van der Waals surface area (Å²) < 4.78 is 101. The van der Waals surface area contributed by atoms with Gasteiger partial charge in [-0.2, -0.15) is 26.3 Å². The van der Waals surface area contributed by atoms with Crippen LogP contribution in [0, 0.1) is 0 Å². The van der Waals surface area contributed by atoms with Crippen LogP contribution >= 0.6 is 0 Å². The van der Waals surface area contributed by atoms with Crippen LogP contribution in [-0.4, -0.2) is 108 Å². The summed E-state index contributed by atoms with van der Waals surface area (Å²) >= 11 is 0. The largest absolute Gasteiger partial charge is 0.463 e. The van der Waals surface area contributed by atoms with Crippen molar-refractivity contribution in [2.45, 2.75) is 128 Å². The summed E-state index contributed by atoms with van der Waals surface area (Å²) in [5, 5.41) is 26.2. The first-order valence-electron chi connectivity index (χ1n) is 15.3. The summed E-state index contributed by atoms with van der Waals surface area (Å²) in [4.78, 5) is 54.4. The molecule has 5 N–H and O–H groups in total. The number of hydrogen-bond acceptors (Lipinski definition) is 11. The molecule has 1 rings (SSSR count). The second-order valence-corrected chi connectivity index (χ2v) is 11.9. The van der Waals surface area contributed by atoms with E-state index in [4.69, 9.17) is 18.9 Å². The van der Waals surface area contributed by atoms with Gasteiger partial charge in [-0.1, -0.05) is 26.2 Å². The van der Waals surface area contributed by atoms with Gasteiger partial charge in [0.2, 0.25) is 11.9 Å². The SMILES string of the molecule is CCCCCCOC(=O)NC(=N[C@H]1CC(C(=O)OCC)=C[C@@H](OC(C(O)C(F)(F)F)C(O)C(F)(F)F)[C@@H]1NC(C)=O)NC(=O)OC(C)(C)C. The summed E-state index contributed by atoms with van der Waals surface area (Å²) in [6.45, 7) is 8.57. The van der Waals surface area contributed by atoms with Crippen molar-refractivity contribution < 1.29 is 74.7 Å². The summed E-state index contributed by atoms with van der Waals surface area (Å²) in [5.74, 6) is -2.72. The van der Waals surface area contributed by atoms with Crippen LogP contribution in [0.3, 0.4) is 0 Å². The van der Waals surface area contributed by atoms with E-state index in [1.54, 1.807) is 0 Å². The van der Waals surface area contributed by atoms with Crippen LogP contribution in [0.5, 0.6) is 0 Å². The Morgan fingerprint density at radius 3 is 1.98 bits per heavy atom. The van der Waals surface area contributed by atoms with E-state index in [-0.39, 0.29) is 13.2 Å². The van der Waals surface area contributed by atoms with Crippen LogP contribution < -0.4 is 16.0 Å². The van der Waals surface area contributed by atoms with E-state index in [0.29, 0.717) is 6.42 Å². The smallest absolute Gasteiger partial charge is 0.417 e. The number of alkyl halides is 6. The number of guanidine groups is 1. The molecule has 0 aromatic carbocycles. The fraction of sp³-hybridized carbons (Fsp3) is 0.759. The molecule has 0 aliphatic heterocycles. The summed E-state index contributed by atoms with van der Waals surface area (Å²) in [5.41, 5.74) is -1.48. The molecule has 20 heteroatoms. The number of halogens is 6. The molecule has 0 radical (unpaired) electrons. The standard InChI is InChI=1S/C29H44F6N4O10/c1-7-9-10-11-12-47-25(44)38-24(39-26(45)49-27(4,5)6)37-17-13-16(23(43)46-8-2)14-18(19(17)36-15(3)40)48-20(21(41)28(30,31)32)22(42)29(33,34)35/h14,17-22,41-42H,7-13H2,1-6H3,(H,36,40)(H2,37,38,39,44,45)/t17-,18+,19+,20?,21?,22?/m0/s1. The molecule has 49 heavy (non-hydrogen) atoms. The first kappa shape index (κ1) is 43.4. The highest BCUT2D eigenvalue weighted by Gasteiger charge is 2.56. The van der Waals surface area contributed by atoms with Crippen molar-refractivity contribution in [2.24, 2.45) is 4.99 Å². The number of alkyl carbamates (subject to hydrolysis) is 2. The summed E-state index contributed by atoms with van der Waals surface area (Å²) in [6.07, 6.45) is -23.9. The summed E-state index contributed by atoms with van der Waals surface area (Å²) in [7, 11) is 0. The Balaban J connectivity index is 3.75. The van der Waals surface area contributed by atoms with Crippen molar-refractivity contribution in [1.82, 2.24) is 16.0 Å². The number of esters is 1. The number of nitrogens with zero attached hydrogens (tertiary/aromatic N) is 1. The highest BCUT2D eigenvalue weighted by atomic mass is 19.4. The van der Waals surface area contributed by atoms with E-state index in [9.17, 15) is 55.7 Å². The molecule has 1 aliphatic rings. The van der Waals surface area contributed by atoms with Crippen LogP contribution in [0.25, 0.3) is 0 Å². The molecule has 0 aromatic rings. The number of aliphatic imine (C=N–C) groups is 1. The molecule has 0 aromatic heterocycles. The maximum absolute atomic E-state index is 13.5. The Hall–Kier alpha value is -3.65. The molecule has 282 valence electrons. The van der Waals surface area contributed by atoms with Gasteiger partial charge in [0.05, 0.1) is 31.4 Å². The highest BCUT2D eigenvalue weighted by Crippen LogP contribution is 2.34. The third kappa shape index (κ3) is 15.6. The molecule has 0 saturated carbocycles. The van der Waals surface area contributed by atoms with E-state index in [0.717, 1.165) is 32.3 Å². The van der Waals surface area contributed by atoms with Gasteiger partial charge in [-0.05, 0) is 40.2 Å². The van der Waals surface area contributed by atoms with Crippen LogP contribution in [0.4, 0.5) is 35.9 Å². The maximum Gasteiger partial charge on any atom is 0.417 e. The number of carbonyl (C=O) groups excluding carboxylic acids is 4. The normalized spacial score (nSPS) is 20.7. The van der Waals surface area contributed by atoms with Crippen LogP contribution in [0.2, 0.25) is 0 Å². The molecule has 0 spiro atoms. The quantitative estimate of drug-likeness (QED) is 0.0469. The van der Waals surface area contributed by atoms with E-state index >= 15 is 0 Å². The van der Waals surface area contributed by atoms with E-state index in [2.05, 4.69) is 20.9 Å². The van der Waals surface area contributed by atoms with Gasteiger partial charge in [-0.3, -0.25) is 15.4 Å². The first-order valence-corrected chi connectivity index (χ1v) is 15.3. The molecule has 5 atom stereocenters. The predicted molar refractivity (Wildman–Crippen MR) is 159 cm³/mol. The molecule has 0 saturated heterocycles. The maximum atomic E-state index is 13.5. The molecule has 3 amide bonds. The Labute approximate surface area is 278 Å². The van der Waals surface area contributed by atoms with Crippen molar-refractivity contribution in [1.29, 1.82) is 0 Å². The lowest BCUT2D eigenvalue weighted by Crippen LogP contribution is -2.59. The van der Waals surface area contributed by atoms with Crippen molar-refractivity contribution >= 4 is 30.0 Å². The number of rotatable bonds is 13. The van der Waals surface area contributed by atoms with Crippen molar-refractivity contribution in [2.75, 3.05) is 13.2 Å². The van der Waals surface area contributed by atoms with Crippen molar-refractivity contribution in [3.63, 3.8) is 0 Å². The van der Waals surface area contributed by atoms with E-state index in [1.807, 2.05) is 6.92 Å². The lowest BCUT2D eigenvalue weighted by Gasteiger charge is -2.39. The van der Waals surface area contributed by atoms with Gasteiger partial charge in [0.1, 0.15) is 11.7 Å². The number of ether oxygens (including phenoxy) is 4. The number of amides is 3. The molecule has 0 heterocycles. The van der Waals surface area contributed by atoms with Gasteiger partial charge in [0.25, 0.3) is 0 Å². The fourth-order valence-electron chi connectivity index (χ4n) is 4.34. The zero-order valence-electron chi connectivity index (χ0n) is 27.9. The highest BCUT2D eigenvalue weighted by molar-refractivity contribution is 6.01. The zero-order chi connectivity index (χ0) is 37.7. The average Bonchev–Trinajstić information content (AvgIpc) is 2.94. The fourth-order valence-corrected chi connectivity index (χ4v) is 4.34. The lowest BCUT2D eigenvalue weighted by atomic mass is 9.87. The number of hydrogen-bond donors (Lipinski definition) is 5. The van der Waals surface area contributed by atoms with Crippen LogP contribution in [0.15, 0.2) is 16.6 Å². The van der Waals surface area contributed by atoms with Gasteiger partial charge in [0, 0.05) is 18.9 Å². The van der Waals surface area contributed by atoms with Crippen LogP contribution in [-0.2, 0) is 28.5 Å². The molecule has 14 nitrogen and oxygen atoms in total. The molecule has 1 aliphatic carbocycles. The second kappa shape index (κ2) is 18.9. The summed E-state index contributed by atoms with van der Waals surface area (Å²) in [6, 6.07) is -3.33. The van der Waals surface area contributed by atoms with Crippen molar-refractivity contribution in [3.05, 3.63) is 11.6 Å². The van der Waals surface area contributed by atoms with Gasteiger partial charge in [-0.25, -0.2) is 19.4 Å². The Kier molecular flexibility index (Phi) is 16.8. The Morgan fingerprint density at radius 1 is 0.918 bits per heavy atom. The van der Waals surface area contributed by atoms with E-state index < -0.39 is 96.5 Å². The van der Waals surface area contributed by atoms with Gasteiger partial charge < -0.3 is 34.5 Å². The monoisotopic (exact) mass is 722 g/mol. The number of nitrogens with one attached hydrogen (secondary N) is 3. The molecule has 0 fully saturated rings. The van der Waals surface area contributed by atoms with Gasteiger partial charge >= 0.3 is 30.5 Å². The third-order valence-corrected chi connectivity index (χ3v) is 6.44. The first-order chi connectivity index (χ1) is 22.5. The molecular formula is C29H44F6N4O10. The average molecular weight is 723 g/mol. The molecule has 2 unspecified atom stereocenters. The molecule has 0 bridgehead atoms. The lowest BCUT2D eigenvalue weighted by molar-refractivity contribution is -0.296. The number of aliphatic hydroxyl groups excluding tert-OH is 2. The number of carbonyl (C=O) groups is 4. The van der Waals surface area contributed by atoms with Gasteiger partial charge in [-0.15, -0.1) is 0 Å². The minimum atomic E-state index is -5.73.